The number of nitrogens with zero attached hydrogens (tertiary/aromatic N) is 1. The van der Waals surface area contributed by atoms with Crippen molar-refractivity contribution in [3.8, 4) is 5.75 Å². The minimum Gasteiger partial charge on any atom is -0.497 e. The number of carbonyl (C=O) groups is 1. The number of hydrogen-bond acceptors (Lipinski definition) is 4. The van der Waals surface area contributed by atoms with E-state index < -0.39 is 15.9 Å². The van der Waals surface area contributed by atoms with E-state index in [0.29, 0.717) is 23.7 Å². The standard InChI is InChI=1S/C24H25ClN2O4S/c1-31-22-12-5-8-19(16-22)9-7-15-26-24(28)18-27(21-11-6-10-20(25)17-21)32(29,30)23-13-3-2-4-14-23/h2-6,8,10-14,16-17H,7,9,15,18H2,1H3,(H,26,28). The molecule has 0 saturated heterocycles. The van der Waals surface area contributed by atoms with Crippen molar-refractivity contribution < 1.29 is 17.9 Å². The summed E-state index contributed by atoms with van der Waals surface area (Å²) in [4.78, 5) is 12.7. The smallest absolute Gasteiger partial charge is 0.264 e. The van der Waals surface area contributed by atoms with Crippen LogP contribution in [0.1, 0.15) is 12.0 Å². The van der Waals surface area contributed by atoms with Crippen LogP contribution in [0.2, 0.25) is 5.02 Å². The molecule has 6 nitrogen and oxygen atoms in total. The van der Waals surface area contributed by atoms with Crippen molar-refractivity contribution in [2.75, 3.05) is 24.5 Å². The van der Waals surface area contributed by atoms with Crippen LogP contribution >= 0.6 is 11.6 Å². The Balaban J connectivity index is 1.67. The number of rotatable bonds is 10. The molecule has 0 fully saturated rings. The lowest BCUT2D eigenvalue weighted by Crippen LogP contribution is -2.41. The summed E-state index contributed by atoms with van der Waals surface area (Å²) in [6.45, 7) is 0.0710. The molecular formula is C24H25ClN2O4S. The second-order valence-corrected chi connectivity index (χ2v) is 9.41. The van der Waals surface area contributed by atoms with Gasteiger partial charge in [0.15, 0.2) is 0 Å². The van der Waals surface area contributed by atoms with E-state index in [1.165, 1.54) is 18.2 Å². The topological polar surface area (TPSA) is 75.7 Å². The zero-order valence-corrected chi connectivity index (χ0v) is 19.3. The number of anilines is 1. The molecule has 0 aliphatic heterocycles. The van der Waals surface area contributed by atoms with E-state index in [1.807, 2.05) is 24.3 Å². The molecule has 1 N–H and O–H groups in total. The summed E-state index contributed by atoms with van der Waals surface area (Å²) in [5, 5.41) is 3.19. The number of nitrogens with one attached hydrogen (secondary N) is 1. The van der Waals surface area contributed by atoms with Crippen LogP contribution in [0.4, 0.5) is 5.69 Å². The Kier molecular flexibility index (Phi) is 8.14. The minimum absolute atomic E-state index is 0.103. The molecule has 0 spiro atoms. The molecule has 0 aliphatic rings. The fourth-order valence-corrected chi connectivity index (χ4v) is 4.82. The van der Waals surface area contributed by atoms with Gasteiger partial charge in [0.05, 0.1) is 17.7 Å². The van der Waals surface area contributed by atoms with E-state index >= 15 is 0 Å². The number of carbonyl (C=O) groups excluding carboxylic acids is 1. The van der Waals surface area contributed by atoms with Crippen LogP contribution in [0.5, 0.6) is 5.75 Å². The van der Waals surface area contributed by atoms with Crippen molar-refractivity contribution in [1.29, 1.82) is 0 Å². The lowest BCUT2D eigenvalue weighted by Gasteiger charge is -2.24. The fourth-order valence-electron chi connectivity index (χ4n) is 3.20. The van der Waals surface area contributed by atoms with E-state index in [9.17, 15) is 13.2 Å². The highest BCUT2D eigenvalue weighted by Crippen LogP contribution is 2.26. The van der Waals surface area contributed by atoms with Crippen LogP contribution in [0.25, 0.3) is 0 Å². The highest BCUT2D eigenvalue weighted by molar-refractivity contribution is 7.92. The Morgan fingerprint density at radius 3 is 2.47 bits per heavy atom. The maximum Gasteiger partial charge on any atom is 0.264 e. The highest BCUT2D eigenvalue weighted by Gasteiger charge is 2.27. The average Bonchev–Trinajstić information content (AvgIpc) is 2.81. The SMILES string of the molecule is COc1cccc(CCCNC(=O)CN(c2cccc(Cl)c2)S(=O)(=O)c2ccccc2)c1. The normalized spacial score (nSPS) is 11.1. The van der Waals surface area contributed by atoms with Crippen molar-refractivity contribution in [1.82, 2.24) is 5.32 Å². The number of amides is 1. The monoisotopic (exact) mass is 472 g/mol. The number of benzene rings is 3. The largest absolute Gasteiger partial charge is 0.497 e. The first-order valence-electron chi connectivity index (χ1n) is 10.1. The van der Waals surface area contributed by atoms with Crippen LogP contribution in [-0.2, 0) is 21.2 Å². The predicted molar refractivity (Wildman–Crippen MR) is 127 cm³/mol. The van der Waals surface area contributed by atoms with Gasteiger partial charge < -0.3 is 10.1 Å². The number of halogens is 1. The Hall–Kier alpha value is -3.03. The summed E-state index contributed by atoms with van der Waals surface area (Å²) in [6, 6.07) is 22.2. The van der Waals surface area contributed by atoms with Crippen molar-refractivity contribution in [2.45, 2.75) is 17.7 Å². The van der Waals surface area contributed by atoms with Gasteiger partial charge in [0.2, 0.25) is 5.91 Å². The average molecular weight is 473 g/mol. The van der Waals surface area contributed by atoms with Gasteiger partial charge in [-0.1, -0.05) is 48.0 Å². The molecule has 32 heavy (non-hydrogen) atoms. The molecular weight excluding hydrogens is 448 g/mol. The van der Waals surface area contributed by atoms with Gasteiger partial charge in [-0.15, -0.1) is 0 Å². The Morgan fingerprint density at radius 2 is 1.75 bits per heavy atom. The molecule has 0 atom stereocenters. The molecule has 0 aliphatic carbocycles. The van der Waals surface area contributed by atoms with E-state index in [-0.39, 0.29) is 11.4 Å². The van der Waals surface area contributed by atoms with Crippen LogP contribution in [-0.4, -0.2) is 34.5 Å². The first-order valence-corrected chi connectivity index (χ1v) is 11.9. The Bertz CT molecular complexity index is 1150. The molecule has 3 aromatic rings. The lowest BCUT2D eigenvalue weighted by molar-refractivity contribution is -0.119. The maximum absolute atomic E-state index is 13.2. The molecule has 168 valence electrons. The molecule has 0 aromatic heterocycles. The van der Waals surface area contributed by atoms with Crippen LogP contribution < -0.4 is 14.4 Å². The van der Waals surface area contributed by atoms with Gasteiger partial charge in [-0.3, -0.25) is 9.10 Å². The van der Waals surface area contributed by atoms with Gasteiger partial charge in [0, 0.05) is 11.6 Å². The van der Waals surface area contributed by atoms with Crippen molar-refractivity contribution >= 4 is 33.2 Å². The molecule has 0 heterocycles. The molecule has 0 saturated carbocycles. The van der Waals surface area contributed by atoms with E-state index in [1.54, 1.807) is 43.5 Å². The number of methoxy groups -OCH3 is 1. The van der Waals surface area contributed by atoms with Gasteiger partial charge >= 0.3 is 0 Å². The van der Waals surface area contributed by atoms with E-state index in [2.05, 4.69) is 5.32 Å². The molecule has 3 rings (SSSR count). The zero-order chi connectivity index (χ0) is 23.0. The lowest BCUT2D eigenvalue weighted by atomic mass is 10.1. The number of hydrogen-bond donors (Lipinski definition) is 1. The van der Waals surface area contributed by atoms with Crippen molar-refractivity contribution in [3.63, 3.8) is 0 Å². The van der Waals surface area contributed by atoms with Gasteiger partial charge in [-0.05, 0) is 60.9 Å². The predicted octanol–water partition coefficient (Wildman–Crippen LogP) is 4.29. The summed E-state index contributed by atoms with van der Waals surface area (Å²) < 4.78 is 32.8. The van der Waals surface area contributed by atoms with Crippen molar-refractivity contribution in [3.05, 3.63) is 89.4 Å². The summed E-state index contributed by atoms with van der Waals surface area (Å²) in [7, 11) is -2.33. The number of sulfonamides is 1. The molecule has 0 bridgehead atoms. The molecule has 1 amide bonds. The zero-order valence-electron chi connectivity index (χ0n) is 17.7. The van der Waals surface area contributed by atoms with Crippen LogP contribution in [0.3, 0.4) is 0 Å². The quantitative estimate of drug-likeness (QED) is 0.446. The summed E-state index contributed by atoms with van der Waals surface area (Å²) >= 11 is 6.07. The maximum atomic E-state index is 13.2. The first-order chi connectivity index (χ1) is 15.4. The molecule has 0 radical (unpaired) electrons. The molecule has 8 heteroatoms. The van der Waals surface area contributed by atoms with Crippen LogP contribution in [0, 0.1) is 0 Å². The molecule has 3 aromatic carbocycles. The van der Waals surface area contributed by atoms with Gasteiger partial charge in [-0.2, -0.15) is 0 Å². The van der Waals surface area contributed by atoms with E-state index in [4.69, 9.17) is 16.3 Å². The number of aryl methyl sites for hydroxylation is 1. The van der Waals surface area contributed by atoms with Gasteiger partial charge in [0.1, 0.15) is 12.3 Å². The first kappa shape index (κ1) is 23.6. The number of ether oxygens (including phenoxy) is 1. The third kappa shape index (κ3) is 6.24. The van der Waals surface area contributed by atoms with E-state index in [0.717, 1.165) is 22.0 Å². The van der Waals surface area contributed by atoms with Gasteiger partial charge in [0.25, 0.3) is 10.0 Å². The fraction of sp³-hybridized carbons (Fsp3) is 0.208. The second-order valence-electron chi connectivity index (χ2n) is 7.11. The summed E-state index contributed by atoms with van der Waals surface area (Å²) in [5.74, 6) is 0.393. The Morgan fingerprint density at radius 1 is 1.00 bits per heavy atom. The summed E-state index contributed by atoms with van der Waals surface area (Å²) in [6.07, 6.45) is 1.47. The molecule has 0 unspecified atom stereocenters. The summed E-state index contributed by atoms with van der Waals surface area (Å²) in [5.41, 5.74) is 1.43. The highest BCUT2D eigenvalue weighted by atomic mass is 35.5. The third-order valence-electron chi connectivity index (χ3n) is 4.81. The second kappa shape index (κ2) is 11.0. The Labute approximate surface area is 193 Å². The van der Waals surface area contributed by atoms with Crippen molar-refractivity contribution in [2.24, 2.45) is 0 Å². The van der Waals surface area contributed by atoms with Gasteiger partial charge in [-0.25, -0.2) is 8.42 Å². The van der Waals surface area contributed by atoms with Crippen LogP contribution in [0.15, 0.2) is 83.8 Å². The third-order valence-corrected chi connectivity index (χ3v) is 6.84. The minimum atomic E-state index is -3.95.